The Morgan fingerprint density at radius 3 is 2.75 bits per heavy atom. The van der Waals surface area contributed by atoms with Crippen LogP contribution in [-0.4, -0.2) is 9.55 Å². The fraction of sp³-hybridized carbons (Fsp3) is 0.556. The maximum absolute atomic E-state index is 8.71. The molecule has 0 spiro atoms. The molecule has 1 heterocycles. The number of aromatic nitrogens is 2. The second-order valence-electron chi connectivity index (χ2n) is 3.02. The zero-order valence-corrected chi connectivity index (χ0v) is 7.70. The maximum atomic E-state index is 8.71. The average Bonchev–Trinajstić information content (AvgIpc) is 2.46. The quantitative estimate of drug-likeness (QED) is 0.668. The molecular weight excluding hydrogens is 150 g/mol. The summed E-state index contributed by atoms with van der Waals surface area (Å²) in [7, 11) is 0. The van der Waals surface area contributed by atoms with Crippen LogP contribution in [0.15, 0.2) is 6.20 Å². The maximum Gasteiger partial charge on any atom is 0.212 e. The minimum absolute atomic E-state index is 0.430. The first-order valence-corrected chi connectivity index (χ1v) is 4.16. The van der Waals surface area contributed by atoms with E-state index in [2.05, 4.69) is 24.9 Å². The molecule has 0 saturated heterocycles. The molecule has 0 amide bonds. The van der Waals surface area contributed by atoms with Gasteiger partial charge in [0.2, 0.25) is 5.82 Å². The van der Waals surface area contributed by atoms with Crippen molar-refractivity contribution in [2.45, 2.75) is 33.2 Å². The molecule has 0 aliphatic carbocycles. The van der Waals surface area contributed by atoms with Crippen molar-refractivity contribution in [1.82, 2.24) is 9.55 Å². The van der Waals surface area contributed by atoms with E-state index in [1.54, 1.807) is 6.20 Å². The monoisotopic (exact) mass is 163 g/mol. The predicted octanol–water partition coefficient (Wildman–Crippen LogP) is 1.90. The van der Waals surface area contributed by atoms with E-state index in [4.69, 9.17) is 5.26 Å². The van der Waals surface area contributed by atoms with E-state index in [0.29, 0.717) is 11.7 Å². The largest absolute Gasteiger partial charge is 0.320 e. The van der Waals surface area contributed by atoms with Gasteiger partial charge in [-0.15, -0.1) is 0 Å². The van der Waals surface area contributed by atoms with Gasteiger partial charge in [0.1, 0.15) is 6.07 Å². The minimum Gasteiger partial charge on any atom is -0.320 e. The van der Waals surface area contributed by atoms with Crippen LogP contribution < -0.4 is 0 Å². The molecule has 0 aliphatic rings. The fourth-order valence-corrected chi connectivity index (χ4v) is 1.27. The van der Waals surface area contributed by atoms with Crippen molar-refractivity contribution in [3.8, 4) is 6.07 Å². The number of imidazole rings is 1. The lowest BCUT2D eigenvalue weighted by Crippen LogP contribution is -2.04. The second-order valence-corrected chi connectivity index (χ2v) is 3.02. The van der Waals surface area contributed by atoms with E-state index in [1.807, 2.05) is 11.5 Å². The average molecular weight is 163 g/mol. The van der Waals surface area contributed by atoms with Gasteiger partial charge in [-0.05, 0) is 12.8 Å². The van der Waals surface area contributed by atoms with E-state index in [0.717, 1.165) is 12.2 Å². The molecule has 0 aliphatic heterocycles. The molecular formula is C9H13N3. The molecule has 3 nitrogen and oxygen atoms in total. The predicted molar refractivity (Wildman–Crippen MR) is 46.7 cm³/mol. The lowest BCUT2D eigenvalue weighted by atomic mass is 10.1. The highest BCUT2D eigenvalue weighted by molar-refractivity contribution is 5.18. The van der Waals surface area contributed by atoms with E-state index in [-0.39, 0.29) is 0 Å². The Morgan fingerprint density at radius 1 is 1.67 bits per heavy atom. The van der Waals surface area contributed by atoms with Crippen LogP contribution in [-0.2, 0) is 6.54 Å². The van der Waals surface area contributed by atoms with Gasteiger partial charge in [0, 0.05) is 18.4 Å². The van der Waals surface area contributed by atoms with Crippen molar-refractivity contribution in [3.05, 3.63) is 17.7 Å². The number of nitrogens with zero attached hydrogens (tertiary/aromatic N) is 3. The number of nitriles is 1. The molecule has 1 aromatic heterocycles. The Morgan fingerprint density at radius 2 is 2.33 bits per heavy atom. The van der Waals surface area contributed by atoms with E-state index < -0.39 is 0 Å². The number of rotatable bonds is 2. The van der Waals surface area contributed by atoms with Crippen molar-refractivity contribution < 1.29 is 0 Å². The fourth-order valence-electron chi connectivity index (χ4n) is 1.27. The van der Waals surface area contributed by atoms with Crippen LogP contribution in [0.5, 0.6) is 0 Å². The van der Waals surface area contributed by atoms with Gasteiger partial charge >= 0.3 is 0 Å². The zero-order valence-electron chi connectivity index (χ0n) is 7.70. The normalized spacial score (nSPS) is 10.2. The van der Waals surface area contributed by atoms with Gasteiger partial charge in [-0.2, -0.15) is 5.26 Å². The molecule has 0 fully saturated rings. The molecule has 0 aromatic carbocycles. The van der Waals surface area contributed by atoms with Crippen LogP contribution in [0.2, 0.25) is 0 Å². The summed E-state index contributed by atoms with van der Waals surface area (Å²) in [5, 5.41) is 8.71. The Kier molecular flexibility index (Phi) is 2.49. The van der Waals surface area contributed by atoms with Crippen LogP contribution in [0.1, 0.15) is 38.2 Å². The van der Waals surface area contributed by atoms with Gasteiger partial charge in [-0.3, -0.25) is 0 Å². The molecule has 12 heavy (non-hydrogen) atoms. The van der Waals surface area contributed by atoms with E-state index in [1.165, 1.54) is 0 Å². The van der Waals surface area contributed by atoms with Gasteiger partial charge < -0.3 is 4.57 Å². The first-order valence-electron chi connectivity index (χ1n) is 4.16. The molecule has 0 bridgehead atoms. The molecule has 64 valence electrons. The van der Waals surface area contributed by atoms with Crippen molar-refractivity contribution >= 4 is 0 Å². The third-order valence-electron chi connectivity index (χ3n) is 1.89. The van der Waals surface area contributed by atoms with Gasteiger partial charge in [0.05, 0.1) is 0 Å². The summed E-state index contributed by atoms with van der Waals surface area (Å²) in [6.45, 7) is 7.04. The summed E-state index contributed by atoms with van der Waals surface area (Å²) in [6.07, 6.45) is 1.78. The van der Waals surface area contributed by atoms with Gasteiger partial charge in [0.25, 0.3) is 0 Å². The van der Waals surface area contributed by atoms with Gasteiger partial charge in [-0.25, -0.2) is 4.98 Å². The summed E-state index contributed by atoms with van der Waals surface area (Å²) in [6, 6.07) is 2.07. The highest BCUT2D eigenvalue weighted by Gasteiger charge is 2.09. The zero-order chi connectivity index (χ0) is 9.14. The Hall–Kier alpha value is -1.30. The lowest BCUT2D eigenvalue weighted by molar-refractivity contribution is 0.664. The Balaban J connectivity index is 3.16. The molecule has 3 heteroatoms. The molecule has 1 rings (SSSR count). The van der Waals surface area contributed by atoms with E-state index >= 15 is 0 Å². The van der Waals surface area contributed by atoms with Crippen molar-refractivity contribution in [1.29, 1.82) is 5.26 Å². The lowest BCUT2D eigenvalue weighted by Gasteiger charge is -2.08. The molecule has 1 aromatic rings. The smallest absolute Gasteiger partial charge is 0.212 e. The molecule has 0 atom stereocenters. The topological polar surface area (TPSA) is 41.6 Å². The minimum atomic E-state index is 0.430. The standard InChI is InChI=1S/C9H13N3/c1-4-12-8(7(2)3)6-11-9(12)5-10/h6-7H,4H2,1-3H3. The molecule has 0 saturated carbocycles. The third-order valence-corrected chi connectivity index (χ3v) is 1.89. The van der Waals surface area contributed by atoms with Crippen LogP contribution in [0, 0.1) is 11.3 Å². The number of hydrogen-bond donors (Lipinski definition) is 0. The van der Waals surface area contributed by atoms with Crippen LogP contribution in [0.3, 0.4) is 0 Å². The SMILES string of the molecule is CCn1c(C(C)C)cnc1C#N. The first-order chi connectivity index (χ1) is 5.70. The van der Waals surface area contributed by atoms with Crippen molar-refractivity contribution in [3.63, 3.8) is 0 Å². The Bertz CT molecular complexity index is 304. The van der Waals surface area contributed by atoms with Crippen molar-refractivity contribution in [2.75, 3.05) is 0 Å². The van der Waals surface area contributed by atoms with Crippen LogP contribution in [0.25, 0.3) is 0 Å². The highest BCUT2D eigenvalue weighted by Crippen LogP contribution is 2.15. The van der Waals surface area contributed by atoms with Gasteiger partial charge in [0.15, 0.2) is 0 Å². The highest BCUT2D eigenvalue weighted by atomic mass is 15.1. The third kappa shape index (κ3) is 1.33. The second kappa shape index (κ2) is 3.40. The molecule has 0 unspecified atom stereocenters. The summed E-state index contributed by atoms with van der Waals surface area (Å²) in [4.78, 5) is 4.03. The summed E-state index contributed by atoms with van der Waals surface area (Å²) in [5.74, 6) is 0.945. The summed E-state index contributed by atoms with van der Waals surface area (Å²) >= 11 is 0. The molecule has 0 radical (unpaired) electrons. The first kappa shape index (κ1) is 8.79. The van der Waals surface area contributed by atoms with Crippen molar-refractivity contribution in [2.24, 2.45) is 0 Å². The molecule has 0 N–H and O–H groups in total. The number of hydrogen-bond acceptors (Lipinski definition) is 2. The van der Waals surface area contributed by atoms with Crippen LogP contribution >= 0.6 is 0 Å². The summed E-state index contributed by atoms with van der Waals surface area (Å²) < 4.78 is 1.95. The summed E-state index contributed by atoms with van der Waals surface area (Å²) in [5.41, 5.74) is 1.13. The van der Waals surface area contributed by atoms with Crippen LogP contribution in [0.4, 0.5) is 0 Å². The van der Waals surface area contributed by atoms with Gasteiger partial charge in [-0.1, -0.05) is 13.8 Å². The Labute approximate surface area is 72.7 Å². The van der Waals surface area contributed by atoms with E-state index in [9.17, 15) is 0 Å².